The summed E-state index contributed by atoms with van der Waals surface area (Å²) in [7, 11) is 0. The van der Waals surface area contributed by atoms with Crippen LogP contribution in [0.5, 0.6) is 0 Å². The van der Waals surface area contributed by atoms with Gasteiger partial charge in [0.1, 0.15) is 0 Å². The summed E-state index contributed by atoms with van der Waals surface area (Å²) in [4.78, 5) is 3.17. The van der Waals surface area contributed by atoms with Crippen LogP contribution in [0, 0.1) is 0 Å². The van der Waals surface area contributed by atoms with Crippen LogP contribution >= 0.6 is 12.4 Å². The zero-order valence-electron chi connectivity index (χ0n) is 9.15. The van der Waals surface area contributed by atoms with Crippen molar-refractivity contribution in [2.24, 2.45) is 5.73 Å². The van der Waals surface area contributed by atoms with Crippen LogP contribution < -0.4 is 5.73 Å². The molecule has 1 aromatic carbocycles. The molecule has 1 heterocycles. The molecule has 0 radical (unpaired) electrons. The van der Waals surface area contributed by atoms with Crippen molar-refractivity contribution in [1.82, 2.24) is 4.98 Å². The van der Waals surface area contributed by atoms with Gasteiger partial charge in [0.05, 0.1) is 0 Å². The van der Waals surface area contributed by atoms with Gasteiger partial charge in [0.2, 0.25) is 0 Å². The number of fused-ring (bicyclic) bond motifs is 1. The van der Waals surface area contributed by atoms with E-state index in [0.29, 0.717) is 0 Å². The largest absolute Gasteiger partial charge is 0.361 e. The molecular weight excluding hydrogens is 220 g/mol. The molecule has 0 saturated carbocycles. The highest BCUT2D eigenvalue weighted by atomic mass is 35.5. The van der Waals surface area contributed by atoms with Crippen molar-refractivity contribution in [3.63, 3.8) is 0 Å². The summed E-state index contributed by atoms with van der Waals surface area (Å²) in [5, 5.41) is 1.22. The fourth-order valence-electron chi connectivity index (χ4n) is 1.77. The standard InChI is InChI=1S/C13H16N2.ClH/c1-2-3-4-12(14)10-5-6-13-11(9-10)7-8-15-13;/h2,5-9,12,15H,1,3-4,14H2;1H/t12-;/m1./s1. The number of H-pyrrole nitrogens is 1. The lowest BCUT2D eigenvalue weighted by molar-refractivity contribution is 0.662. The number of benzene rings is 1. The number of halogens is 1. The maximum absolute atomic E-state index is 6.08. The van der Waals surface area contributed by atoms with Crippen molar-refractivity contribution in [3.8, 4) is 0 Å². The lowest BCUT2D eigenvalue weighted by Crippen LogP contribution is -2.09. The van der Waals surface area contributed by atoms with Gasteiger partial charge in [0.15, 0.2) is 0 Å². The van der Waals surface area contributed by atoms with Crippen molar-refractivity contribution in [2.45, 2.75) is 18.9 Å². The predicted molar refractivity (Wildman–Crippen MR) is 71.9 cm³/mol. The molecule has 0 fully saturated rings. The molecule has 0 aliphatic rings. The van der Waals surface area contributed by atoms with Crippen molar-refractivity contribution in [1.29, 1.82) is 0 Å². The quantitative estimate of drug-likeness (QED) is 0.784. The maximum atomic E-state index is 6.08. The second kappa shape index (κ2) is 5.73. The molecule has 3 heteroatoms. The molecule has 0 amide bonds. The van der Waals surface area contributed by atoms with E-state index in [0.717, 1.165) is 18.4 Å². The Bertz CT molecular complexity index is 462. The van der Waals surface area contributed by atoms with Crippen LogP contribution in [0.2, 0.25) is 0 Å². The normalized spacial score (nSPS) is 12.1. The van der Waals surface area contributed by atoms with Gasteiger partial charge >= 0.3 is 0 Å². The third-order valence-corrected chi connectivity index (χ3v) is 2.69. The number of aromatic amines is 1. The first-order valence-electron chi connectivity index (χ1n) is 5.25. The third kappa shape index (κ3) is 2.65. The maximum Gasteiger partial charge on any atom is 0.0454 e. The minimum Gasteiger partial charge on any atom is -0.361 e. The van der Waals surface area contributed by atoms with Crippen molar-refractivity contribution < 1.29 is 0 Å². The van der Waals surface area contributed by atoms with Gasteiger partial charge in [0.25, 0.3) is 0 Å². The average Bonchev–Trinajstić information content (AvgIpc) is 2.72. The highest BCUT2D eigenvalue weighted by molar-refractivity contribution is 5.85. The Morgan fingerprint density at radius 1 is 1.38 bits per heavy atom. The van der Waals surface area contributed by atoms with E-state index in [1.54, 1.807) is 0 Å². The minimum atomic E-state index is 0. The van der Waals surface area contributed by atoms with Gasteiger partial charge in [-0.25, -0.2) is 0 Å². The van der Waals surface area contributed by atoms with E-state index >= 15 is 0 Å². The molecular formula is C13H17ClN2. The van der Waals surface area contributed by atoms with E-state index in [9.17, 15) is 0 Å². The zero-order valence-corrected chi connectivity index (χ0v) is 9.96. The fraction of sp³-hybridized carbons (Fsp3) is 0.231. The molecule has 2 rings (SSSR count). The molecule has 86 valence electrons. The Morgan fingerprint density at radius 3 is 2.94 bits per heavy atom. The van der Waals surface area contributed by atoms with Gasteiger partial charge in [0, 0.05) is 17.8 Å². The van der Waals surface area contributed by atoms with Gasteiger partial charge in [-0.15, -0.1) is 19.0 Å². The molecule has 0 unspecified atom stereocenters. The minimum absolute atomic E-state index is 0. The van der Waals surface area contributed by atoms with E-state index in [2.05, 4.69) is 35.8 Å². The van der Waals surface area contributed by atoms with Crippen LogP contribution in [0.1, 0.15) is 24.4 Å². The van der Waals surface area contributed by atoms with E-state index in [4.69, 9.17) is 5.73 Å². The molecule has 0 spiro atoms. The molecule has 2 nitrogen and oxygen atoms in total. The van der Waals surface area contributed by atoms with Gasteiger partial charge < -0.3 is 10.7 Å². The van der Waals surface area contributed by atoms with E-state index in [1.807, 2.05) is 12.3 Å². The number of hydrogen-bond donors (Lipinski definition) is 2. The van der Waals surface area contributed by atoms with Crippen LogP contribution in [0.15, 0.2) is 43.1 Å². The first kappa shape index (κ1) is 12.8. The van der Waals surface area contributed by atoms with Gasteiger partial charge in [-0.2, -0.15) is 0 Å². The number of aromatic nitrogens is 1. The molecule has 0 aliphatic heterocycles. The topological polar surface area (TPSA) is 41.8 Å². The highest BCUT2D eigenvalue weighted by Gasteiger charge is 2.05. The van der Waals surface area contributed by atoms with Crippen LogP contribution in [0.3, 0.4) is 0 Å². The smallest absolute Gasteiger partial charge is 0.0454 e. The molecule has 0 saturated heterocycles. The Hall–Kier alpha value is -1.25. The summed E-state index contributed by atoms with van der Waals surface area (Å²) in [5.74, 6) is 0. The van der Waals surface area contributed by atoms with Gasteiger partial charge in [-0.3, -0.25) is 0 Å². The summed E-state index contributed by atoms with van der Waals surface area (Å²) in [5.41, 5.74) is 8.44. The number of rotatable bonds is 4. The van der Waals surface area contributed by atoms with Crippen molar-refractivity contribution in [3.05, 3.63) is 48.7 Å². The van der Waals surface area contributed by atoms with Crippen LogP contribution in [0.4, 0.5) is 0 Å². The summed E-state index contributed by atoms with van der Waals surface area (Å²) < 4.78 is 0. The third-order valence-electron chi connectivity index (χ3n) is 2.69. The number of nitrogens with one attached hydrogen (secondary N) is 1. The monoisotopic (exact) mass is 236 g/mol. The van der Waals surface area contributed by atoms with Gasteiger partial charge in [-0.1, -0.05) is 12.1 Å². The molecule has 0 aliphatic carbocycles. The Kier molecular flexibility index (Phi) is 4.59. The predicted octanol–water partition coefficient (Wildman–Crippen LogP) is 3.56. The number of hydrogen-bond acceptors (Lipinski definition) is 1. The first-order valence-corrected chi connectivity index (χ1v) is 5.25. The molecule has 1 aromatic heterocycles. The van der Waals surface area contributed by atoms with E-state index in [1.165, 1.54) is 10.9 Å². The lowest BCUT2D eigenvalue weighted by Gasteiger charge is -2.10. The first-order chi connectivity index (χ1) is 7.31. The molecule has 2 aromatic rings. The van der Waals surface area contributed by atoms with E-state index in [-0.39, 0.29) is 18.4 Å². The molecule has 1 atom stereocenters. The molecule has 3 N–H and O–H groups in total. The fourth-order valence-corrected chi connectivity index (χ4v) is 1.77. The summed E-state index contributed by atoms with van der Waals surface area (Å²) in [6, 6.07) is 8.51. The zero-order chi connectivity index (χ0) is 10.7. The lowest BCUT2D eigenvalue weighted by atomic mass is 10.0. The van der Waals surface area contributed by atoms with Crippen LogP contribution in [0.25, 0.3) is 10.9 Å². The SMILES string of the molecule is C=CCC[C@@H](N)c1ccc2[nH]ccc2c1.Cl. The average molecular weight is 237 g/mol. The highest BCUT2D eigenvalue weighted by Crippen LogP contribution is 2.21. The second-order valence-electron chi connectivity index (χ2n) is 3.80. The number of allylic oxidation sites excluding steroid dienone is 1. The molecule has 0 bridgehead atoms. The van der Waals surface area contributed by atoms with Crippen LogP contribution in [-0.4, -0.2) is 4.98 Å². The summed E-state index contributed by atoms with van der Waals surface area (Å²) in [6.45, 7) is 3.71. The summed E-state index contributed by atoms with van der Waals surface area (Å²) in [6.07, 6.45) is 5.78. The van der Waals surface area contributed by atoms with Crippen LogP contribution in [-0.2, 0) is 0 Å². The van der Waals surface area contributed by atoms with Crippen molar-refractivity contribution in [2.75, 3.05) is 0 Å². The van der Waals surface area contributed by atoms with Gasteiger partial charge in [-0.05, 0) is 42.0 Å². The summed E-state index contributed by atoms with van der Waals surface area (Å²) >= 11 is 0. The Balaban J connectivity index is 0.00000128. The Morgan fingerprint density at radius 2 is 2.19 bits per heavy atom. The number of nitrogens with two attached hydrogens (primary N) is 1. The Labute approximate surface area is 102 Å². The second-order valence-corrected chi connectivity index (χ2v) is 3.80. The van der Waals surface area contributed by atoms with Crippen molar-refractivity contribution >= 4 is 23.3 Å². The van der Waals surface area contributed by atoms with E-state index < -0.39 is 0 Å². The molecule has 16 heavy (non-hydrogen) atoms.